The molecule has 0 aliphatic heterocycles. The van der Waals surface area contributed by atoms with Crippen molar-refractivity contribution in [1.82, 2.24) is 14.9 Å². The summed E-state index contributed by atoms with van der Waals surface area (Å²) in [5.74, 6) is 1.09. The third-order valence-corrected chi connectivity index (χ3v) is 3.32. The van der Waals surface area contributed by atoms with E-state index in [1.165, 1.54) is 12.8 Å². The van der Waals surface area contributed by atoms with Gasteiger partial charge in [-0.05, 0) is 26.2 Å². The van der Waals surface area contributed by atoms with Crippen LogP contribution in [0.5, 0.6) is 0 Å². The average molecular weight is 232 g/mol. The molecule has 0 radical (unpaired) electrons. The number of nitrogens with zero attached hydrogens (tertiary/aromatic N) is 3. The highest BCUT2D eigenvalue weighted by atomic mass is 15.1. The molecule has 1 saturated carbocycles. The van der Waals surface area contributed by atoms with Crippen LogP contribution in [0.25, 0.3) is 0 Å². The highest BCUT2D eigenvalue weighted by Crippen LogP contribution is 2.24. The number of hydrogen-bond donors (Lipinski definition) is 1. The average Bonchev–Trinajstić information content (AvgIpc) is 3.01. The van der Waals surface area contributed by atoms with Crippen LogP contribution in [0.3, 0.4) is 0 Å². The van der Waals surface area contributed by atoms with Crippen molar-refractivity contribution in [3.8, 4) is 6.07 Å². The molecule has 1 aliphatic carbocycles. The number of nitrogens with one attached hydrogen (secondary N) is 1. The molecule has 1 fully saturated rings. The third kappa shape index (κ3) is 3.07. The lowest BCUT2D eigenvalue weighted by Crippen LogP contribution is -2.43. The number of rotatable bonds is 6. The number of hydrogen-bond acceptors (Lipinski definition) is 3. The van der Waals surface area contributed by atoms with E-state index in [-0.39, 0.29) is 0 Å². The summed E-state index contributed by atoms with van der Waals surface area (Å²) in [6, 6.07) is 2.97. The minimum Gasteiger partial charge on any atom is -0.335 e. The minimum atomic E-state index is -0.406. The van der Waals surface area contributed by atoms with Gasteiger partial charge in [0.15, 0.2) is 0 Å². The highest BCUT2D eigenvalue weighted by Gasteiger charge is 2.32. The lowest BCUT2D eigenvalue weighted by Gasteiger charge is -2.23. The molecule has 17 heavy (non-hydrogen) atoms. The van der Waals surface area contributed by atoms with Crippen molar-refractivity contribution in [2.75, 3.05) is 0 Å². The first kappa shape index (κ1) is 12.1. The van der Waals surface area contributed by atoms with Crippen molar-refractivity contribution in [2.45, 2.75) is 57.7 Å². The van der Waals surface area contributed by atoms with Gasteiger partial charge in [0, 0.05) is 31.4 Å². The summed E-state index contributed by atoms with van der Waals surface area (Å²) in [4.78, 5) is 4.29. The first-order valence-corrected chi connectivity index (χ1v) is 6.36. The van der Waals surface area contributed by atoms with Crippen molar-refractivity contribution in [3.63, 3.8) is 0 Å². The Morgan fingerprint density at radius 2 is 2.41 bits per heavy atom. The van der Waals surface area contributed by atoms with Gasteiger partial charge in [-0.25, -0.2) is 4.98 Å². The summed E-state index contributed by atoms with van der Waals surface area (Å²) < 4.78 is 2.14. The van der Waals surface area contributed by atoms with Crippen LogP contribution < -0.4 is 5.32 Å². The van der Waals surface area contributed by atoms with Gasteiger partial charge in [-0.3, -0.25) is 5.32 Å². The Labute approximate surface area is 103 Å². The van der Waals surface area contributed by atoms with Crippen molar-refractivity contribution < 1.29 is 0 Å². The monoisotopic (exact) mass is 232 g/mol. The van der Waals surface area contributed by atoms with E-state index >= 15 is 0 Å². The Balaban J connectivity index is 1.93. The molecular weight excluding hydrogens is 212 g/mol. The molecular formula is C13H20N4. The molecule has 0 amide bonds. The van der Waals surface area contributed by atoms with Gasteiger partial charge in [0.2, 0.25) is 0 Å². The lowest BCUT2D eigenvalue weighted by atomic mass is 9.99. The molecule has 0 bridgehead atoms. The molecule has 4 nitrogen and oxygen atoms in total. The molecule has 1 N–H and O–H groups in total. The number of aromatic nitrogens is 2. The standard InChI is InChI=1S/C13H20N4/c1-3-12-15-7-9-17(12)8-6-13(2,10-14)16-11-4-5-11/h7,9,11,16H,3-6,8H2,1-2H3. The molecule has 0 aromatic carbocycles. The SMILES string of the molecule is CCc1nccn1CCC(C)(C#N)NC1CC1. The maximum absolute atomic E-state index is 9.28. The normalized spacial score (nSPS) is 18.6. The van der Waals surface area contributed by atoms with Crippen molar-refractivity contribution in [2.24, 2.45) is 0 Å². The number of imidazole rings is 1. The van der Waals surface area contributed by atoms with Crippen LogP contribution in [0, 0.1) is 11.3 Å². The van der Waals surface area contributed by atoms with Gasteiger partial charge in [-0.1, -0.05) is 6.92 Å². The van der Waals surface area contributed by atoms with Gasteiger partial charge in [-0.2, -0.15) is 5.26 Å². The fourth-order valence-electron chi connectivity index (χ4n) is 2.04. The zero-order valence-electron chi connectivity index (χ0n) is 10.6. The fraction of sp³-hybridized carbons (Fsp3) is 0.692. The topological polar surface area (TPSA) is 53.6 Å². The second-order valence-corrected chi connectivity index (χ2v) is 5.00. The molecule has 92 valence electrons. The maximum Gasteiger partial charge on any atom is 0.108 e. The molecule has 2 rings (SSSR count). The number of aryl methyl sites for hydroxylation is 2. The first-order valence-electron chi connectivity index (χ1n) is 6.36. The Hall–Kier alpha value is -1.34. The summed E-state index contributed by atoms with van der Waals surface area (Å²) in [5, 5.41) is 12.7. The van der Waals surface area contributed by atoms with Gasteiger partial charge in [0.1, 0.15) is 11.4 Å². The van der Waals surface area contributed by atoms with E-state index in [4.69, 9.17) is 0 Å². The molecule has 1 aromatic rings. The van der Waals surface area contributed by atoms with Gasteiger partial charge in [0.25, 0.3) is 0 Å². The predicted molar refractivity (Wildman–Crippen MR) is 66.4 cm³/mol. The minimum absolute atomic E-state index is 0.406. The first-order chi connectivity index (χ1) is 8.17. The Morgan fingerprint density at radius 1 is 1.65 bits per heavy atom. The molecule has 1 atom stereocenters. The zero-order chi connectivity index (χ0) is 12.3. The van der Waals surface area contributed by atoms with Crippen LogP contribution in [0.15, 0.2) is 12.4 Å². The fourth-order valence-corrected chi connectivity index (χ4v) is 2.04. The molecule has 0 spiro atoms. The molecule has 1 aromatic heterocycles. The van der Waals surface area contributed by atoms with E-state index < -0.39 is 5.54 Å². The predicted octanol–water partition coefficient (Wildman–Crippen LogP) is 1.87. The van der Waals surface area contributed by atoms with Crippen LogP contribution >= 0.6 is 0 Å². The van der Waals surface area contributed by atoms with Gasteiger partial charge in [-0.15, -0.1) is 0 Å². The molecule has 4 heteroatoms. The third-order valence-electron chi connectivity index (χ3n) is 3.32. The van der Waals surface area contributed by atoms with Crippen molar-refractivity contribution >= 4 is 0 Å². The van der Waals surface area contributed by atoms with E-state index in [1.807, 2.05) is 19.3 Å². The summed E-state index contributed by atoms with van der Waals surface area (Å²) >= 11 is 0. The number of nitriles is 1. The molecule has 1 heterocycles. The van der Waals surface area contributed by atoms with Crippen molar-refractivity contribution in [1.29, 1.82) is 5.26 Å². The second kappa shape index (κ2) is 4.89. The maximum atomic E-state index is 9.28. The Kier molecular flexibility index (Phi) is 3.49. The Morgan fingerprint density at radius 3 is 3.00 bits per heavy atom. The van der Waals surface area contributed by atoms with E-state index in [0.29, 0.717) is 6.04 Å². The summed E-state index contributed by atoms with van der Waals surface area (Å²) in [7, 11) is 0. The van der Waals surface area contributed by atoms with Gasteiger partial charge >= 0.3 is 0 Å². The van der Waals surface area contributed by atoms with Crippen LogP contribution in [-0.2, 0) is 13.0 Å². The van der Waals surface area contributed by atoms with Crippen LogP contribution in [-0.4, -0.2) is 21.1 Å². The summed E-state index contributed by atoms with van der Waals surface area (Å²) in [5.41, 5.74) is -0.406. The molecule has 0 saturated heterocycles. The van der Waals surface area contributed by atoms with E-state index in [2.05, 4.69) is 27.9 Å². The zero-order valence-corrected chi connectivity index (χ0v) is 10.6. The molecule has 1 unspecified atom stereocenters. The highest BCUT2D eigenvalue weighted by molar-refractivity contribution is 5.07. The van der Waals surface area contributed by atoms with Crippen LogP contribution in [0.4, 0.5) is 0 Å². The van der Waals surface area contributed by atoms with Gasteiger partial charge in [0.05, 0.1) is 6.07 Å². The summed E-state index contributed by atoms with van der Waals surface area (Å²) in [6.45, 7) is 4.95. The van der Waals surface area contributed by atoms with E-state index in [9.17, 15) is 5.26 Å². The van der Waals surface area contributed by atoms with Crippen LogP contribution in [0.1, 0.15) is 38.9 Å². The summed E-state index contributed by atoms with van der Waals surface area (Å²) in [6.07, 6.45) is 8.01. The molecule has 1 aliphatic rings. The lowest BCUT2D eigenvalue weighted by molar-refractivity contribution is 0.386. The second-order valence-electron chi connectivity index (χ2n) is 5.00. The van der Waals surface area contributed by atoms with E-state index in [1.54, 1.807) is 0 Å². The smallest absolute Gasteiger partial charge is 0.108 e. The van der Waals surface area contributed by atoms with Crippen LogP contribution in [0.2, 0.25) is 0 Å². The Bertz CT molecular complexity index is 413. The quantitative estimate of drug-likeness (QED) is 0.814. The largest absolute Gasteiger partial charge is 0.335 e. The van der Waals surface area contributed by atoms with Gasteiger partial charge < -0.3 is 4.57 Å². The van der Waals surface area contributed by atoms with E-state index in [0.717, 1.165) is 25.2 Å². The van der Waals surface area contributed by atoms with Crippen molar-refractivity contribution in [3.05, 3.63) is 18.2 Å².